The maximum Gasteiger partial charge on any atom is 0.127 e. The van der Waals surface area contributed by atoms with Crippen LogP contribution in [0.4, 0.5) is 0 Å². The zero-order valence-corrected chi connectivity index (χ0v) is 12.7. The Hall–Kier alpha value is -1.29. The van der Waals surface area contributed by atoms with Gasteiger partial charge in [0.25, 0.3) is 0 Å². The van der Waals surface area contributed by atoms with E-state index in [1.54, 1.807) is 0 Å². The number of halogens is 1. The van der Waals surface area contributed by atoms with Crippen LogP contribution in [0.1, 0.15) is 21.3 Å². The fraction of sp³-hybridized carbons (Fsp3) is 0.412. The van der Waals surface area contributed by atoms with Gasteiger partial charge in [-0.3, -0.25) is 0 Å². The SMILES string of the molecule is C.CC(C)NCC(O)COc1cccc2ccccc12.Cl. The van der Waals surface area contributed by atoms with Crippen molar-refractivity contribution < 1.29 is 9.84 Å². The van der Waals surface area contributed by atoms with Gasteiger partial charge in [-0.1, -0.05) is 57.7 Å². The Morgan fingerprint density at radius 2 is 1.76 bits per heavy atom. The van der Waals surface area contributed by atoms with Crippen LogP contribution in [-0.2, 0) is 0 Å². The van der Waals surface area contributed by atoms with Gasteiger partial charge in [0, 0.05) is 18.0 Å². The van der Waals surface area contributed by atoms with Crippen LogP contribution in [0, 0.1) is 0 Å². The van der Waals surface area contributed by atoms with Gasteiger partial charge in [-0.2, -0.15) is 0 Å². The third kappa shape index (κ3) is 5.92. The Bertz CT molecular complexity index is 526. The lowest BCUT2D eigenvalue weighted by atomic mass is 10.1. The average Bonchev–Trinajstić information content (AvgIpc) is 2.42. The molecule has 3 nitrogen and oxygen atoms in total. The highest BCUT2D eigenvalue weighted by Gasteiger charge is 2.07. The minimum Gasteiger partial charge on any atom is -0.490 e. The summed E-state index contributed by atoms with van der Waals surface area (Å²) in [6, 6.07) is 14.4. The number of hydrogen-bond acceptors (Lipinski definition) is 3. The molecule has 2 rings (SSSR count). The average molecular weight is 312 g/mol. The summed E-state index contributed by atoms with van der Waals surface area (Å²) in [5, 5.41) is 15.3. The number of fused-ring (bicyclic) bond motifs is 1. The van der Waals surface area contributed by atoms with Crippen molar-refractivity contribution in [2.45, 2.75) is 33.4 Å². The van der Waals surface area contributed by atoms with Gasteiger partial charge in [-0.15, -0.1) is 12.4 Å². The predicted molar refractivity (Wildman–Crippen MR) is 92.6 cm³/mol. The minimum atomic E-state index is -0.499. The van der Waals surface area contributed by atoms with Crippen LogP contribution in [0.3, 0.4) is 0 Å². The van der Waals surface area contributed by atoms with Crippen LogP contribution in [0.15, 0.2) is 42.5 Å². The largest absolute Gasteiger partial charge is 0.490 e. The summed E-state index contributed by atoms with van der Waals surface area (Å²) in [6.07, 6.45) is -0.499. The number of rotatable bonds is 6. The molecule has 0 aliphatic carbocycles. The summed E-state index contributed by atoms with van der Waals surface area (Å²) in [5.41, 5.74) is 0. The Kier molecular flexibility index (Phi) is 9.02. The minimum absolute atomic E-state index is 0. The molecule has 2 N–H and O–H groups in total. The maximum absolute atomic E-state index is 9.84. The summed E-state index contributed by atoms with van der Waals surface area (Å²) in [4.78, 5) is 0. The van der Waals surface area contributed by atoms with Gasteiger partial charge >= 0.3 is 0 Å². The van der Waals surface area contributed by atoms with E-state index in [0.717, 1.165) is 16.5 Å². The molecule has 0 saturated heterocycles. The first kappa shape index (κ1) is 19.7. The molecule has 0 heterocycles. The lowest BCUT2D eigenvalue weighted by Gasteiger charge is -2.15. The zero-order chi connectivity index (χ0) is 13.7. The summed E-state index contributed by atoms with van der Waals surface area (Å²) in [7, 11) is 0. The molecular formula is C17H26ClNO2. The fourth-order valence-corrected chi connectivity index (χ4v) is 1.94. The Morgan fingerprint density at radius 1 is 1.10 bits per heavy atom. The smallest absolute Gasteiger partial charge is 0.127 e. The number of benzene rings is 2. The third-order valence-corrected chi connectivity index (χ3v) is 2.94. The van der Waals surface area contributed by atoms with Gasteiger partial charge in [-0.25, -0.2) is 0 Å². The number of ether oxygens (including phenoxy) is 1. The van der Waals surface area contributed by atoms with E-state index in [1.807, 2.05) is 30.3 Å². The molecule has 1 unspecified atom stereocenters. The molecule has 0 aliphatic heterocycles. The van der Waals surface area contributed by atoms with E-state index in [9.17, 15) is 5.11 Å². The van der Waals surface area contributed by atoms with Gasteiger partial charge in [0.1, 0.15) is 18.5 Å². The van der Waals surface area contributed by atoms with E-state index < -0.39 is 6.10 Å². The van der Waals surface area contributed by atoms with E-state index in [2.05, 4.69) is 31.3 Å². The second kappa shape index (κ2) is 9.61. The maximum atomic E-state index is 9.84. The van der Waals surface area contributed by atoms with Crippen LogP contribution in [0.5, 0.6) is 5.75 Å². The molecule has 4 heteroatoms. The summed E-state index contributed by atoms with van der Waals surface area (Å²) in [6.45, 7) is 4.95. The van der Waals surface area contributed by atoms with Gasteiger partial charge in [0.2, 0.25) is 0 Å². The molecule has 2 aromatic carbocycles. The molecule has 1 atom stereocenters. The molecule has 0 radical (unpaired) electrons. The molecule has 0 saturated carbocycles. The lowest BCUT2D eigenvalue weighted by Crippen LogP contribution is -2.35. The highest BCUT2D eigenvalue weighted by atomic mass is 35.5. The van der Waals surface area contributed by atoms with Gasteiger partial charge in [0.15, 0.2) is 0 Å². The molecule has 118 valence electrons. The van der Waals surface area contributed by atoms with E-state index in [4.69, 9.17) is 4.74 Å². The first-order chi connectivity index (χ1) is 9.16. The summed E-state index contributed by atoms with van der Waals surface area (Å²) in [5.74, 6) is 0.821. The lowest BCUT2D eigenvalue weighted by molar-refractivity contribution is 0.105. The first-order valence-corrected chi connectivity index (χ1v) is 6.69. The summed E-state index contributed by atoms with van der Waals surface area (Å²) < 4.78 is 5.72. The molecule has 0 spiro atoms. The quantitative estimate of drug-likeness (QED) is 0.856. The van der Waals surface area contributed by atoms with Crippen molar-refractivity contribution in [3.63, 3.8) is 0 Å². The standard InChI is InChI=1S/C16H21NO2.CH4.ClH/c1-12(2)17-10-14(18)11-19-16-9-5-7-13-6-3-4-8-15(13)16;;/h3-9,12,14,17-18H,10-11H2,1-2H3;1H4;1H. The van der Waals surface area contributed by atoms with Gasteiger partial charge in [0.05, 0.1) is 0 Å². The molecule has 0 aliphatic rings. The fourth-order valence-electron chi connectivity index (χ4n) is 1.94. The number of nitrogens with one attached hydrogen (secondary N) is 1. The molecule has 0 fully saturated rings. The van der Waals surface area contributed by atoms with E-state index in [0.29, 0.717) is 19.2 Å². The second-order valence-electron chi connectivity index (χ2n) is 5.01. The van der Waals surface area contributed by atoms with Crippen molar-refractivity contribution in [3.8, 4) is 5.75 Å². The molecule has 0 aromatic heterocycles. The van der Waals surface area contributed by atoms with Crippen molar-refractivity contribution in [2.75, 3.05) is 13.2 Å². The Morgan fingerprint density at radius 3 is 2.48 bits per heavy atom. The Balaban J connectivity index is 0.00000200. The number of aliphatic hydroxyl groups excluding tert-OH is 1. The highest BCUT2D eigenvalue weighted by Crippen LogP contribution is 2.25. The van der Waals surface area contributed by atoms with Crippen LogP contribution in [0.25, 0.3) is 10.8 Å². The molecular weight excluding hydrogens is 286 g/mol. The van der Waals surface area contributed by atoms with E-state index in [1.165, 1.54) is 0 Å². The van der Waals surface area contributed by atoms with Crippen molar-refractivity contribution in [1.29, 1.82) is 0 Å². The van der Waals surface area contributed by atoms with E-state index in [-0.39, 0.29) is 19.8 Å². The molecule has 2 aromatic rings. The number of hydrogen-bond donors (Lipinski definition) is 2. The third-order valence-electron chi connectivity index (χ3n) is 2.94. The number of aliphatic hydroxyl groups is 1. The highest BCUT2D eigenvalue weighted by molar-refractivity contribution is 5.88. The van der Waals surface area contributed by atoms with Gasteiger partial charge < -0.3 is 15.2 Å². The van der Waals surface area contributed by atoms with Crippen molar-refractivity contribution in [1.82, 2.24) is 5.32 Å². The normalized spacial score (nSPS) is 11.6. The van der Waals surface area contributed by atoms with Crippen LogP contribution in [-0.4, -0.2) is 30.4 Å². The molecule has 21 heavy (non-hydrogen) atoms. The van der Waals surface area contributed by atoms with Crippen molar-refractivity contribution in [2.24, 2.45) is 0 Å². The van der Waals surface area contributed by atoms with Crippen LogP contribution < -0.4 is 10.1 Å². The predicted octanol–water partition coefficient (Wildman–Crippen LogP) is 3.64. The Labute approximate surface area is 133 Å². The molecule has 0 amide bonds. The van der Waals surface area contributed by atoms with E-state index >= 15 is 0 Å². The second-order valence-corrected chi connectivity index (χ2v) is 5.01. The van der Waals surface area contributed by atoms with Crippen LogP contribution in [0.2, 0.25) is 0 Å². The van der Waals surface area contributed by atoms with Crippen molar-refractivity contribution in [3.05, 3.63) is 42.5 Å². The van der Waals surface area contributed by atoms with Crippen LogP contribution >= 0.6 is 12.4 Å². The zero-order valence-electron chi connectivity index (χ0n) is 11.9. The topological polar surface area (TPSA) is 41.5 Å². The summed E-state index contributed by atoms with van der Waals surface area (Å²) >= 11 is 0. The van der Waals surface area contributed by atoms with Gasteiger partial charge in [-0.05, 0) is 11.5 Å². The first-order valence-electron chi connectivity index (χ1n) is 6.69. The van der Waals surface area contributed by atoms with Crippen molar-refractivity contribution >= 4 is 23.2 Å². The molecule has 0 bridgehead atoms. The monoisotopic (exact) mass is 311 g/mol.